The molecule has 0 N–H and O–H groups in total. The Kier molecular flexibility index (Phi) is 1.77. The molecular weight excluding hydrogens is 146 g/mol. The SMILES string of the molecule is CCC1=C[C@H]2/C(=C/C#N)C[C@H]2C1. The van der Waals surface area contributed by atoms with E-state index in [1.54, 1.807) is 11.6 Å². The number of fused-ring (bicyclic) bond motifs is 1. The van der Waals surface area contributed by atoms with Gasteiger partial charge in [0.15, 0.2) is 0 Å². The standard InChI is InChI=1S/C11H13N/c1-2-8-5-10-7-9(3-4-12)11(10)6-8/h3,6,10-11H,2,5,7H2,1H3/b9-3+/t10-,11+/m1/s1. The molecule has 12 heavy (non-hydrogen) atoms. The summed E-state index contributed by atoms with van der Waals surface area (Å²) in [5.74, 6) is 1.49. The van der Waals surface area contributed by atoms with Gasteiger partial charge in [-0.3, -0.25) is 0 Å². The minimum absolute atomic E-state index is 0.639. The Labute approximate surface area is 73.4 Å². The fraction of sp³-hybridized carbons (Fsp3) is 0.545. The third-order valence-electron chi connectivity index (χ3n) is 3.08. The molecule has 0 aromatic rings. The van der Waals surface area contributed by atoms with Crippen LogP contribution in [0.5, 0.6) is 0 Å². The van der Waals surface area contributed by atoms with Crippen molar-refractivity contribution in [1.29, 1.82) is 5.26 Å². The number of hydrogen-bond acceptors (Lipinski definition) is 1. The van der Waals surface area contributed by atoms with Crippen molar-refractivity contribution in [3.05, 3.63) is 23.3 Å². The Morgan fingerprint density at radius 1 is 1.67 bits per heavy atom. The summed E-state index contributed by atoms with van der Waals surface area (Å²) in [6.45, 7) is 2.21. The van der Waals surface area contributed by atoms with Crippen LogP contribution in [0, 0.1) is 23.2 Å². The molecule has 0 amide bonds. The lowest BCUT2D eigenvalue weighted by atomic mass is 9.71. The molecule has 2 atom stereocenters. The predicted molar refractivity (Wildman–Crippen MR) is 48.3 cm³/mol. The first-order valence-electron chi connectivity index (χ1n) is 4.63. The van der Waals surface area contributed by atoms with Gasteiger partial charge >= 0.3 is 0 Å². The summed E-state index contributed by atoms with van der Waals surface area (Å²) < 4.78 is 0. The maximum atomic E-state index is 8.50. The van der Waals surface area contributed by atoms with Gasteiger partial charge in [-0.2, -0.15) is 5.26 Å². The predicted octanol–water partition coefficient (Wildman–Crippen LogP) is 2.81. The number of rotatable bonds is 1. The Morgan fingerprint density at radius 2 is 2.50 bits per heavy atom. The van der Waals surface area contributed by atoms with E-state index >= 15 is 0 Å². The fourth-order valence-electron chi connectivity index (χ4n) is 2.31. The Hall–Kier alpha value is -1.03. The maximum Gasteiger partial charge on any atom is 0.0911 e. The summed E-state index contributed by atoms with van der Waals surface area (Å²) >= 11 is 0. The van der Waals surface area contributed by atoms with Gasteiger partial charge in [0.1, 0.15) is 0 Å². The third-order valence-corrected chi connectivity index (χ3v) is 3.08. The van der Waals surface area contributed by atoms with Crippen molar-refractivity contribution >= 4 is 0 Å². The van der Waals surface area contributed by atoms with Gasteiger partial charge in [-0.05, 0) is 25.2 Å². The van der Waals surface area contributed by atoms with Crippen LogP contribution in [0.4, 0.5) is 0 Å². The van der Waals surface area contributed by atoms with Crippen LogP contribution in [-0.4, -0.2) is 0 Å². The molecule has 1 fully saturated rings. The Bertz CT molecular complexity index is 291. The largest absolute Gasteiger partial charge is 0.193 e. The maximum absolute atomic E-state index is 8.50. The van der Waals surface area contributed by atoms with Gasteiger partial charge in [-0.15, -0.1) is 0 Å². The summed E-state index contributed by atoms with van der Waals surface area (Å²) in [6, 6.07) is 2.12. The molecule has 0 aliphatic heterocycles. The van der Waals surface area contributed by atoms with Crippen LogP contribution in [0.25, 0.3) is 0 Å². The Morgan fingerprint density at radius 3 is 3.17 bits per heavy atom. The molecule has 1 saturated carbocycles. The van der Waals surface area contributed by atoms with Crippen LogP contribution < -0.4 is 0 Å². The number of allylic oxidation sites excluding steroid dienone is 4. The van der Waals surface area contributed by atoms with Gasteiger partial charge in [0.05, 0.1) is 6.07 Å². The summed E-state index contributed by atoms with van der Waals surface area (Å²) in [4.78, 5) is 0. The first-order valence-corrected chi connectivity index (χ1v) is 4.63. The van der Waals surface area contributed by atoms with Crippen molar-refractivity contribution in [1.82, 2.24) is 0 Å². The van der Waals surface area contributed by atoms with Crippen molar-refractivity contribution in [3.8, 4) is 6.07 Å². The summed E-state index contributed by atoms with van der Waals surface area (Å²) in [7, 11) is 0. The van der Waals surface area contributed by atoms with E-state index in [0.717, 1.165) is 12.3 Å². The average molecular weight is 159 g/mol. The first-order chi connectivity index (χ1) is 5.85. The van der Waals surface area contributed by atoms with E-state index in [9.17, 15) is 0 Å². The van der Waals surface area contributed by atoms with Crippen LogP contribution in [0.15, 0.2) is 23.3 Å². The molecule has 2 aliphatic carbocycles. The molecule has 0 aromatic heterocycles. The van der Waals surface area contributed by atoms with Crippen LogP contribution in [0.2, 0.25) is 0 Å². The minimum Gasteiger partial charge on any atom is -0.193 e. The van der Waals surface area contributed by atoms with Gasteiger partial charge in [-0.25, -0.2) is 0 Å². The lowest BCUT2D eigenvalue weighted by molar-refractivity contribution is 0.354. The lowest BCUT2D eigenvalue weighted by Gasteiger charge is -2.33. The highest BCUT2D eigenvalue weighted by Crippen LogP contribution is 2.49. The van der Waals surface area contributed by atoms with E-state index < -0.39 is 0 Å². The quantitative estimate of drug-likeness (QED) is 0.426. The van der Waals surface area contributed by atoms with Crippen molar-refractivity contribution < 1.29 is 0 Å². The van der Waals surface area contributed by atoms with Gasteiger partial charge in [0.25, 0.3) is 0 Å². The lowest BCUT2D eigenvalue weighted by Crippen LogP contribution is -2.23. The number of nitriles is 1. The molecule has 0 aromatic carbocycles. The van der Waals surface area contributed by atoms with E-state index in [0.29, 0.717) is 5.92 Å². The first kappa shape index (κ1) is 7.61. The van der Waals surface area contributed by atoms with Crippen LogP contribution in [0.3, 0.4) is 0 Å². The highest BCUT2D eigenvalue weighted by Gasteiger charge is 2.38. The molecule has 0 radical (unpaired) electrons. The molecule has 2 rings (SSSR count). The van der Waals surface area contributed by atoms with Crippen LogP contribution in [0.1, 0.15) is 26.2 Å². The summed E-state index contributed by atoms with van der Waals surface area (Å²) in [6.07, 6.45) is 7.74. The number of nitrogens with zero attached hydrogens (tertiary/aromatic N) is 1. The zero-order valence-electron chi connectivity index (χ0n) is 7.38. The number of hydrogen-bond donors (Lipinski definition) is 0. The van der Waals surface area contributed by atoms with E-state index in [1.165, 1.54) is 18.4 Å². The molecule has 0 unspecified atom stereocenters. The van der Waals surface area contributed by atoms with Gasteiger partial charge in [0.2, 0.25) is 0 Å². The molecule has 0 bridgehead atoms. The third kappa shape index (κ3) is 0.992. The van der Waals surface area contributed by atoms with Crippen LogP contribution >= 0.6 is 0 Å². The van der Waals surface area contributed by atoms with Crippen LogP contribution in [-0.2, 0) is 0 Å². The van der Waals surface area contributed by atoms with Crippen molar-refractivity contribution in [2.75, 3.05) is 0 Å². The minimum atomic E-state index is 0.639. The Balaban J connectivity index is 2.11. The van der Waals surface area contributed by atoms with Crippen molar-refractivity contribution in [3.63, 3.8) is 0 Å². The van der Waals surface area contributed by atoms with Crippen molar-refractivity contribution in [2.24, 2.45) is 11.8 Å². The molecule has 0 saturated heterocycles. The fourth-order valence-corrected chi connectivity index (χ4v) is 2.31. The molecule has 62 valence electrons. The van der Waals surface area contributed by atoms with Crippen molar-refractivity contribution in [2.45, 2.75) is 26.2 Å². The highest BCUT2D eigenvalue weighted by molar-refractivity contribution is 5.35. The molecule has 0 spiro atoms. The summed E-state index contributed by atoms with van der Waals surface area (Å²) in [5.41, 5.74) is 2.94. The van der Waals surface area contributed by atoms with E-state index in [2.05, 4.69) is 19.1 Å². The molecule has 1 heteroatoms. The zero-order chi connectivity index (χ0) is 8.55. The smallest absolute Gasteiger partial charge is 0.0911 e. The van der Waals surface area contributed by atoms with Gasteiger partial charge in [0, 0.05) is 12.0 Å². The zero-order valence-corrected chi connectivity index (χ0v) is 7.38. The molecule has 2 aliphatic rings. The second kappa shape index (κ2) is 2.79. The summed E-state index contributed by atoms with van der Waals surface area (Å²) in [5, 5.41) is 8.50. The highest BCUT2D eigenvalue weighted by atomic mass is 14.4. The molecule has 1 nitrogen and oxygen atoms in total. The topological polar surface area (TPSA) is 23.8 Å². The monoisotopic (exact) mass is 159 g/mol. The van der Waals surface area contributed by atoms with E-state index in [-0.39, 0.29) is 0 Å². The van der Waals surface area contributed by atoms with E-state index in [1.807, 2.05) is 0 Å². The van der Waals surface area contributed by atoms with E-state index in [4.69, 9.17) is 5.26 Å². The van der Waals surface area contributed by atoms with Gasteiger partial charge in [-0.1, -0.05) is 24.1 Å². The average Bonchev–Trinajstić information content (AvgIpc) is 2.39. The second-order valence-corrected chi connectivity index (χ2v) is 3.72. The normalized spacial score (nSPS) is 35.3. The van der Waals surface area contributed by atoms with Gasteiger partial charge < -0.3 is 0 Å². The molecule has 0 heterocycles. The second-order valence-electron chi connectivity index (χ2n) is 3.72. The molecular formula is C11H13N.